The summed E-state index contributed by atoms with van der Waals surface area (Å²) in [6, 6.07) is 3.90. The first-order valence-corrected chi connectivity index (χ1v) is 5.41. The molecule has 0 aliphatic carbocycles. The molecule has 0 spiro atoms. The van der Waals surface area contributed by atoms with Crippen molar-refractivity contribution in [3.8, 4) is 0 Å². The lowest BCUT2D eigenvalue weighted by Gasteiger charge is -1.95. The molecular formula is C9H10N4OS. The van der Waals surface area contributed by atoms with Crippen LogP contribution in [0.4, 0.5) is 0 Å². The predicted molar refractivity (Wildman–Crippen MR) is 56.0 cm³/mol. The van der Waals surface area contributed by atoms with Crippen LogP contribution in [-0.2, 0) is 12.3 Å². The second-order valence-corrected chi connectivity index (χ2v) is 3.74. The number of hydrogen-bond acceptors (Lipinski definition) is 6. The van der Waals surface area contributed by atoms with Crippen LogP contribution in [0.5, 0.6) is 0 Å². The molecule has 0 aromatic carbocycles. The van der Waals surface area contributed by atoms with Crippen molar-refractivity contribution in [1.82, 2.24) is 15.2 Å². The Kier molecular flexibility index (Phi) is 3.31. The Morgan fingerprint density at radius 3 is 3.00 bits per heavy atom. The van der Waals surface area contributed by atoms with Crippen LogP contribution in [-0.4, -0.2) is 15.2 Å². The maximum Gasteiger partial charge on any atom is 0.276 e. The highest BCUT2D eigenvalue weighted by Crippen LogP contribution is 2.20. The zero-order chi connectivity index (χ0) is 10.5. The fourth-order valence-corrected chi connectivity index (χ4v) is 1.72. The summed E-state index contributed by atoms with van der Waals surface area (Å²) in [6.07, 6.45) is 3.56. The fraction of sp³-hybridized carbons (Fsp3) is 0.222. The lowest BCUT2D eigenvalue weighted by Crippen LogP contribution is -1.95. The standard InChI is InChI=1S/C9H10N4OS/c10-4-8-12-13-9(14-8)15-6-7-2-1-3-11-5-7/h1-3,5H,4,6,10H2. The van der Waals surface area contributed by atoms with E-state index in [4.69, 9.17) is 10.2 Å². The van der Waals surface area contributed by atoms with E-state index in [1.54, 1.807) is 6.20 Å². The molecule has 2 rings (SSSR count). The lowest BCUT2D eigenvalue weighted by molar-refractivity contribution is 0.415. The topological polar surface area (TPSA) is 77.8 Å². The van der Waals surface area contributed by atoms with Gasteiger partial charge < -0.3 is 10.2 Å². The van der Waals surface area contributed by atoms with Gasteiger partial charge in [0.05, 0.1) is 6.54 Å². The molecule has 2 aromatic heterocycles. The molecule has 6 heteroatoms. The van der Waals surface area contributed by atoms with Crippen LogP contribution in [0.15, 0.2) is 34.2 Å². The summed E-state index contributed by atoms with van der Waals surface area (Å²) >= 11 is 1.47. The van der Waals surface area contributed by atoms with E-state index in [2.05, 4.69) is 15.2 Å². The minimum absolute atomic E-state index is 0.278. The van der Waals surface area contributed by atoms with Crippen molar-refractivity contribution < 1.29 is 4.42 Å². The number of nitrogens with zero attached hydrogens (tertiary/aromatic N) is 3. The van der Waals surface area contributed by atoms with Crippen LogP contribution in [0.3, 0.4) is 0 Å². The van der Waals surface area contributed by atoms with Gasteiger partial charge in [0.25, 0.3) is 5.22 Å². The molecule has 0 atom stereocenters. The number of thioether (sulfide) groups is 1. The number of rotatable bonds is 4. The second kappa shape index (κ2) is 4.90. The van der Waals surface area contributed by atoms with Crippen molar-refractivity contribution in [2.75, 3.05) is 0 Å². The van der Waals surface area contributed by atoms with Crippen molar-refractivity contribution in [3.05, 3.63) is 36.0 Å². The van der Waals surface area contributed by atoms with E-state index in [-0.39, 0.29) is 6.54 Å². The van der Waals surface area contributed by atoms with E-state index < -0.39 is 0 Å². The van der Waals surface area contributed by atoms with E-state index in [0.717, 1.165) is 11.3 Å². The van der Waals surface area contributed by atoms with Crippen molar-refractivity contribution in [3.63, 3.8) is 0 Å². The minimum Gasteiger partial charge on any atom is -0.415 e. The molecule has 2 heterocycles. The lowest BCUT2D eigenvalue weighted by atomic mass is 10.3. The Balaban J connectivity index is 1.93. The van der Waals surface area contributed by atoms with Gasteiger partial charge in [-0.3, -0.25) is 4.98 Å². The van der Waals surface area contributed by atoms with Crippen molar-refractivity contribution in [2.45, 2.75) is 17.5 Å². The summed E-state index contributed by atoms with van der Waals surface area (Å²) in [6.45, 7) is 0.278. The van der Waals surface area contributed by atoms with Gasteiger partial charge >= 0.3 is 0 Å². The highest BCUT2D eigenvalue weighted by Gasteiger charge is 2.04. The first-order valence-electron chi connectivity index (χ1n) is 4.42. The highest BCUT2D eigenvalue weighted by molar-refractivity contribution is 7.98. The van der Waals surface area contributed by atoms with Gasteiger partial charge in [0.1, 0.15) is 0 Å². The number of nitrogens with two attached hydrogens (primary N) is 1. The molecule has 0 saturated carbocycles. The van der Waals surface area contributed by atoms with E-state index in [0.29, 0.717) is 11.1 Å². The summed E-state index contributed by atoms with van der Waals surface area (Å²) in [5.74, 6) is 1.23. The molecule has 0 amide bonds. The Morgan fingerprint density at radius 1 is 1.40 bits per heavy atom. The van der Waals surface area contributed by atoms with E-state index in [1.807, 2.05) is 18.3 Å². The van der Waals surface area contributed by atoms with E-state index in [1.165, 1.54) is 11.8 Å². The molecular weight excluding hydrogens is 212 g/mol. The van der Waals surface area contributed by atoms with Crippen molar-refractivity contribution in [1.29, 1.82) is 0 Å². The van der Waals surface area contributed by atoms with Gasteiger partial charge in [0, 0.05) is 18.1 Å². The molecule has 2 N–H and O–H groups in total. The van der Waals surface area contributed by atoms with Gasteiger partial charge in [-0.1, -0.05) is 17.8 Å². The molecule has 78 valence electrons. The summed E-state index contributed by atoms with van der Waals surface area (Å²) in [5, 5.41) is 8.16. The maximum absolute atomic E-state index is 5.35. The molecule has 2 aromatic rings. The summed E-state index contributed by atoms with van der Waals surface area (Å²) < 4.78 is 5.25. The molecule has 0 unspecified atom stereocenters. The molecule has 15 heavy (non-hydrogen) atoms. The Morgan fingerprint density at radius 2 is 2.33 bits per heavy atom. The molecule has 5 nitrogen and oxygen atoms in total. The first kappa shape index (κ1) is 10.1. The van der Waals surface area contributed by atoms with Crippen LogP contribution in [0.25, 0.3) is 0 Å². The van der Waals surface area contributed by atoms with Gasteiger partial charge in [0.15, 0.2) is 0 Å². The molecule has 0 radical (unpaired) electrons. The average molecular weight is 222 g/mol. The number of pyridine rings is 1. The SMILES string of the molecule is NCc1nnc(SCc2cccnc2)o1. The third-order valence-electron chi connectivity index (χ3n) is 1.71. The third kappa shape index (κ3) is 2.77. The number of hydrogen-bond donors (Lipinski definition) is 1. The number of aromatic nitrogens is 3. The monoisotopic (exact) mass is 222 g/mol. The van der Waals surface area contributed by atoms with Gasteiger partial charge in [-0.05, 0) is 11.6 Å². The predicted octanol–water partition coefficient (Wildman–Crippen LogP) is 1.22. The van der Waals surface area contributed by atoms with Gasteiger partial charge in [-0.25, -0.2) is 0 Å². The molecule has 0 bridgehead atoms. The van der Waals surface area contributed by atoms with Crippen LogP contribution >= 0.6 is 11.8 Å². The van der Waals surface area contributed by atoms with Crippen LogP contribution in [0.1, 0.15) is 11.5 Å². The Hall–Kier alpha value is -1.40. The van der Waals surface area contributed by atoms with Gasteiger partial charge in [0.2, 0.25) is 5.89 Å². The summed E-state index contributed by atoms with van der Waals surface area (Å²) in [5.41, 5.74) is 6.48. The normalized spacial score (nSPS) is 10.5. The van der Waals surface area contributed by atoms with E-state index in [9.17, 15) is 0 Å². The average Bonchev–Trinajstić information content (AvgIpc) is 2.76. The smallest absolute Gasteiger partial charge is 0.276 e. The molecule has 0 saturated heterocycles. The third-order valence-corrected chi connectivity index (χ3v) is 2.60. The Labute approximate surface area is 91.1 Å². The summed E-state index contributed by atoms with van der Waals surface area (Å²) in [4.78, 5) is 4.02. The van der Waals surface area contributed by atoms with Crippen LogP contribution in [0, 0.1) is 0 Å². The van der Waals surface area contributed by atoms with Gasteiger partial charge in [-0.2, -0.15) is 0 Å². The van der Waals surface area contributed by atoms with Gasteiger partial charge in [-0.15, -0.1) is 10.2 Å². The Bertz CT molecular complexity index is 417. The molecule has 0 aliphatic rings. The first-order chi connectivity index (χ1) is 7.38. The molecule has 0 aliphatic heterocycles. The van der Waals surface area contributed by atoms with E-state index >= 15 is 0 Å². The minimum atomic E-state index is 0.278. The molecule has 0 fully saturated rings. The zero-order valence-electron chi connectivity index (χ0n) is 7.96. The second-order valence-electron chi connectivity index (χ2n) is 2.82. The summed E-state index contributed by atoms with van der Waals surface area (Å²) in [7, 11) is 0. The zero-order valence-corrected chi connectivity index (χ0v) is 8.78. The quantitative estimate of drug-likeness (QED) is 0.783. The maximum atomic E-state index is 5.35. The van der Waals surface area contributed by atoms with Crippen LogP contribution < -0.4 is 5.73 Å². The fourth-order valence-electron chi connectivity index (χ4n) is 1.01. The largest absolute Gasteiger partial charge is 0.415 e. The van der Waals surface area contributed by atoms with Crippen molar-refractivity contribution >= 4 is 11.8 Å². The van der Waals surface area contributed by atoms with Crippen molar-refractivity contribution in [2.24, 2.45) is 5.73 Å². The van der Waals surface area contributed by atoms with Crippen LogP contribution in [0.2, 0.25) is 0 Å². The highest BCUT2D eigenvalue weighted by atomic mass is 32.2.